The van der Waals surface area contributed by atoms with Gasteiger partial charge in [0, 0.05) is 6.20 Å². The fourth-order valence-electron chi connectivity index (χ4n) is 2.37. The molecule has 7 nitrogen and oxygen atoms in total. The summed E-state index contributed by atoms with van der Waals surface area (Å²) in [5, 5.41) is 2.52. The van der Waals surface area contributed by atoms with Crippen molar-refractivity contribution in [2.75, 3.05) is 5.32 Å². The molecule has 0 aliphatic carbocycles. The molecule has 26 heavy (non-hydrogen) atoms. The molecule has 1 aliphatic rings. The standard InChI is InChI=1S/C19H19N3O4/c1-14-7-8-16(26-14)10-12-24-18-20-11-9-17(21-18)22-19(23)25-13-15-5-3-2-4-6-15/h2-6,9,11,14,16H,7-8,13H2,1H3,(H,20,21,22,23)/t14?,16-/m0/s1. The van der Waals surface area contributed by atoms with Gasteiger partial charge in [-0.2, -0.15) is 4.98 Å². The Bertz CT molecular complexity index is 801. The van der Waals surface area contributed by atoms with Crippen LogP contribution >= 0.6 is 0 Å². The molecule has 1 fully saturated rings. The van der Waals surface area contributed by atoms with E-state index >= 15 is 0 Å². The van der Waals surface area contributed by atoms with E-state index in [1.807, 2.05) is 37.3 Å². The Morgan fingerprint density at radius 2 is 2.15 bits per heavy atom. The van der Waals surface area contributed by atoms with Crippen LogP contribution in [0, 0.1) is 12.0 Å². The minimum Gasteiger partial charge on any atom is -0.444 e. The average molecular weight is 353 g/mol. The van der Waals surface area contributed by atoms with Gasteiger partial charge in [-0.05, 0) is 37.3 Å². The normalized spacial score (nSPS) is 18.5. The molecule has 1 unspecified atom stereocenters. The van der Waals surface area contributed by atoms with Gasteiger partial charge < -0.3 is 14.2 Å². The number of anilines is 1. The zero-order valence-electron chi connectivity index (χ0n) is 14.3. The van der Waals surface area contributed by atoms with Crippen molar-refractivity contribution in [1.82, 2.24) is 9.97 Å². The number of hydrogen-bond acceptors (Lipinski definition) is 6. The number of nitrogens with one attached hydrogen (secondary N) is 1. The van der Waals surface area contributed by atoms with Gasteiger partial charge in [0.2, 0.25) is 0 Å². The molecule has 0 saturated carbocycles. The summed E-state index contributed by atoms with van der Waals surface area (Å²) >= 11 is 0. The van der Waals surface area contributed by atoms with Gasteiger partial charge >= 0.3 is 12.1 Å². The highest BCUT2D eigenvalue weighted by Gasteiger charge is 2.19. The van der Waals surface area contributed by atoms with E-state index in [1.54, 1.807) is 0 Å². The maximum Gasteiger partial charge on any atom is 0.413 e. The molecule has 2 heterocycles. The van der Waals surface area contributed by atoms with Crippen LogP contribution in [0.3, 0.4) is 0 Å². The predicted octanol–water partition coefficient (Wildman–Crippen LogP) is 3.13. The second kappa shape index (κ2) is 8.83. The Hall–Kier alpha value is -3.11. The van der Waals surface area contributed by atoms with Gasteiger partial charge in [0.25, 0.3) is 0 Å². The zero-order chi connectivity index (χ0) is 18.2. The molecule has 0 radical (unpaired) electrons. The summed E-state index contributed by atoms with van der Waals surface area (Å²) < 4.78 is 15.9. The first-order chi connectivity index (χ1) is 12.7. The van der Waals surface area contributed by atoms with Crippen molar-refractivity contribution < 1.29 is 19.0 Å². The Morgan fingerprint density at radius 3 is 2.92 bits per heavy atom. The largest absolute Gasteiger partial charge is 0.444 e. The summed E-state index contributed by atoms with van der Waals surface area (Å²) in [5.41, 5.74) is 0.896. The number of hydrogen-bond donors (Lipinski definition) is 1. The van der Waals surface area contributed by atoms with E-state index in [0.29, 0.717) is 0 Å². The quantitative estimate of drug-likeness (QED) is 0.851. The van der Waals surface area contributed by atoms with Crippen molar-refractivity contribution in [1.29, 1.82) is 0 Å². The summed E-state index contributed by atoms with van der Waals surface area (Å²) in [6.45, 7) is 2.18. The number of aromatic nitrogens is 2. The topological polar surface area (TPSA) is 82.6 Å². The van der Waals surface area contributed by atoms with Gasteiger partial charge in [0.1, 0.15) is 24.6 Å². The van der Waals surface area contributed by atoms with Gasteiger partial charge in [-0.1, -0.05) is 30.3 Å². The zero-order valence-corrected chi connectivity index (χ0v) is 14.3. The van der Waals surface area contributed by atoms with Crippen molar-refractivity contribution in [2.24, 2.45) is 0 Å². The lowest BCUT2D eigenvalue weighted by Crippen LogP contribution is -2.14. The maximum absolute atomic E-state index is 11.8. The summed E-state index contributed by atoms with van der Waals surface area (Å²) in [7, 11) is 0. The number of amides is 1. The molecular weight excluding hydrogens is 334 g/mol. The smallest absolute Gasteiger partial charge is 0.413 e. The SMILES string of the molecule is CC1CC[C@@H](C#COc2nccc(NC(=O)OCc3ccccc3)n2)O1. The van der Waals surface area contributed by atoms with Crippen LogP contribution in [-0.2, 0) is 16.1 Å². The molecule has 3 rings (SSSR count). The van der Waals surface area contributed by atoms with Crippen molar-refractivity contribution in [3.8, 4) is 18.0 Å². The minimum atomic E-state index is -0.613. The third-order valence-corrected chi connectivity index (χ3v) is 3.67. The van der Waals surface area contributed by atoms with E-state index in [9.17, 15) is 4.79 Å². The lowest BCUT2D eigenvalue weighted by atomic mass is 10.2. The highest BCUT2D eigenvalue weighted by molar-refractivity contribution is 5.83. The van der Waals surface area contributed by atoms with Crippen LogP contribution in [0.5, 0.6) is 6.01 Å². The molecule has 1 aliphatic heterocycles. The highest BCUT2D eigenvalue weighted by Crippen LogP contribution is 2.18. The molecule has 2 atom stereocenters. The third kappa shape index (κ3) is 5.46. The highest BCUT2D eigenvalue weighted by atomic mass is 16.5. The molecule has 2 aromatic rings. The van der Waals surface area contributed by atoms with Gasteiger partial charge in [0.05, 0.1) is 6.10 Å². The van der Waals surface area contributed by atoms with Crippen LogP contribution in [0.2, 0.25) is 0 Å². The van der Waals surface area contributed by atoms with Crippen LogP contribution in [0.4, 0.5) is 10.6 Å². The molecule has 1 N–H and O–H groups in total. The van der Waals surface area contributed by atoms with E-state index in [1.165, 1.54) is 12.3 Å². The second-order valence-electron chi connectivity index (χ2n) is 5.77. The van der Waals surface area contributed by atoms with E-state index in [0.717, 1.165) is 18.4 Å². The number of benzene rings is 1. The van der Waals surface area contributed by atoms with Crippen LogP contribution in [0.25, 0.3) is 0 Å². The Morgan fingerprint density at radius 1 is 1.31 bits per heavy atom. The second-order valence-corrected chi connectivity index (χ2v) is 5.77. The molecule has 1 amide bonds. The summed E-state index contributed by atoms with van der Waals surface area (Å²) in [5.74, 6) is 3.14. The molecular formula is C19H19N3O4. The predicted molar refractivity (Wildman–Crippen MR) is 94.3 cm³/mol. The Labute approximate surface area is 151 Å². The third-order valence-electron chi connectivity index (χ3n) is 3.67. The number of carbonyl (C=O) groups excluding carboxylic acids is 1. The molecule has 134 valence electrons. The van der Waals surface area contributed by atoms with Gasteiger partial charge in [-0.3, -0.25) is 5.32 Å². The fraction of sp³-hybridized carbons (Fsp3) is 0.316. The lowest BCUT2D eigenvalue weighted by molar-refractivity contribution is 0.0881. The van der Waals surface area contributed by atoms with E-state index in [4.69, 9.17) is 14.2 Å². The Balaban J connectivity index is 1.49. The van der Waals surface area contributed by atoms with E-state index < -0.39 is 6.09 Å². The van der Waals surface area contributed by atoms with Crippen molar-refractivity contribution in [3.05, 3.63) is 48.2 Å². The van der Waals surface area contributed by atoms with Crippen molar-refractivity contribution in [2.45, 2.75) is 38.6 Å². The minimum absolute atomic E-state index is 0.0457. The first-order valence-corrected chi connectivity index (χ1v) is 8.32. The number of nitrogens with zero attached hydrogens (tertiary/aromatic N) is 2. The van der Waals surface area contributed by atoms with Crippen LogP contribution < -0.4 is 10.1 Å². The molecule has 1 aromatic heterocycles. The monoisotopic (exact) mass is 353 g/mol. The fourth-order valence-corrected chi connectivity index (χ4v) is 2.37. The van der Waals surface area contributed by atoms with Crippen LogP contribution in [0.1, 0.15) is 25.3 Å². The van der Waals surface area contributed by atoms with E-state index in [2.05, 4.69) is 27.3 Å². The number of rotatable bonds is 4. The Kier molecular flexibility index (Phi) is 6.01. The molecule has 0 spiro atoms. The van der Waals surface area contributed by atoms with Crippen molar-refractivity contribution in [3.63, 3.8) is 0 Å². The van der Waals surface area contributed by atoms with Gasteiger partial charge in [-0.15, -0.1) is 0 Å². The first kappa shape index (κ1) is 17.7. The lowest BCUT2D eigenvalue weighted by Gasteiger charge is -2.06. The van der Waals surface area contributed by atoms with Gasteiger partial charge in [0.15, 0.2) is 0 Å². The van der Waals surface area contributed by atoms with Crippen LogP contribution in [0.15, 0.2) is 42.6 Å². The summed E-state index contributed by atoms with van der Waals surface area (Å²) in [4.78, 5) is 19.8. The molecule has 0 bridgehead atoms. The van der Waals surface area contributed by atoms with Crippen LogP contribution in [-0.4, -0.2) is 28.3 Å². The summed E-state index contributed by atoms with van der Waals surface area (Å²) in [6, 6.07) is 11.0. The van der Waals surface area contributed by atoms with E-state index in [-0.39, 0.29) is 30.6 Å². The molecule has 7 heteroatoms. The number of ether oxygens (including phenoxy) is 3. The molecule has 1 saturated heterocycles. The van der Waals surface area contributed by atoms with Gasteiger partial charge in [-0.25, -0.2) is 9.78 Å². The maximum atomic E-state index is 11.8. The molecule has 1 aromatic carbocycles. The summed E-state index contributed by atoms with van der Waals surface area (Å²) in [6.07, 6.45) is 5.36. The average Bonchev–Trinajstić information content (AvgIpc) is 3.06. The van der Waals surface area contributed by atoms with Crippen molar-refractivity contribution >= 4 is 11.9 Å². The number of carbonyl (C=O) groups is 1. The first-order valence-electron chi connectivity index (χ1n) is 8.32.